The molecule has 2 rings (SSSR count). The van der Waals surface area contributed by atoms with Gasteiger partial charge in [-0.15, -0.1) is 0 Å². The molecule has 1 aliphatic rings. The van der Waals surface area contributed by atoms with Gasteiger partial charge >= 0.3 is 0 Å². The van der Waals surface area contributed by atoms with Gasteiger partial charge in [-0.3, -0.25) is 4.79 Å². The van der Waals surface area contributed by atoms with Gasteiger partial charge in [0.2, 0.25) is 5.91 Å². The molecule has 0 radical (unpaired) electrons. The number of piperidine rings is 1. The van der Waals surface area contributed by atoms with Gasteiger partial charge < -0.3 is 15.4 Å². The summed E-state index contributed by atoms with van der Waals surface area (Å²) >= 11 is 0. The van der Waals surface area contributed by atoms with Crippen molar-refractivity contribution in [3.05, 3.63) is 30.1 Å². The lowest BCUT2D eigenvalue weighted by Crippen LogP contribution is -2.37. The Balaban J connectivity index is 1.74. The molecule has 2 unspecified atom stereocenters. The number of hydrogen-bond acceptors (Lipinski definition) is 3. The van der Waals surface area contributed by atoms with Crippen LogP contribution < -0.4 is 15.4 Å². The molecule has 24 heavy (non-hydrogen) atoms. The molecule has 1 aromatic carbocycles. The second-order valence-corrected chi connectivity index (χ2v) is 6.68. The molecule has 1 amide bonds. The fourth-order valence-corrected chi connectivity index (χ4v) is 3.17. The van der Waals surface area contributed by atoms with Crippen LogP contribution in [-0.2, 0) is 4.79 Å². The minimum atomic E-state index is -0.317. The standard InChI is InChI=1S/C19H29FN2O2/c1-3-17(24-18-6-4-5-16(20)12-18)13-22-19(23)11-14(2)15-7-9-21-10-8-15/h4-6,12,14-15,17,21H,3,7-11,13H2,1-2H3,(H,22,23). The Labute approximate surface area is 144 Å². The second-order valence-electron chi connectivity index (χ2n) is 6.68. The molecule has 1 saturated heterocycles. The van der Waals surface area contributed by atoms with E-state index in [1.54, 1.807) is 12.1 Å². The highest BCUT2D eigenvalue weighted by Gasteiger charge is 2.22. The number of rotatable bonds is 8. The van der Waals surface area contributed by atoms with Crippen molar-refractivity contribution in [3.8, 4) is 5.75 Å². The Morgan fingerprint density at radius 1 is 1.42 bits per heavy atom. The molecule has 0 saturated carbocycles. The Morgan fingerprint density at radius 2 is 2.17 bits per heavy atom. The highest BCUT2D eigenvalue weighted by Crippen LogP contribution is 2.24. The molecule has 0 aromatic heterocycles. The smallest absolute Gasteiger partial charge is 0.220 e. The molecule has 1 heterocycles. The first-order valence-electron chi connectivity index (χ1n) is 8.98. The predicted octanol–water partition coefficient (Wildman–Crippen LogP) is 3.13. The summed E-state index contributed by atoms with van der Waals surface area (Å²) in [6.45, 7) is 6.71. The van der Waals surface area contributed by atoms with Gasteiger partial charge in [-0.1, -0.05) is 19.9 Å². The number of carbonyl (C=O) groups is 1. The van der Waals surface area contributed by atoms with Crippen LogP contribution in [0.3, 0.4) is 0 Å². The summed E-state index contributed by atoms with van der Waals surface area (Å²) in [6, 6.07) is 6.10. The summed E-state index contributed by atoms with van der Waals surface area (Å²) in [5, 5.41) is 6.32. The Morgan fingerprint density at radius 3 is 2.83 bits per heavy atom. The number of ether oxygens (including phenoxy) is 1. The largest absolute Gasteiger partial charge is 0.489 e. The van der Waals surface area contributed by atoms with E-state index in [-0.39, 0.29) is 17.8 Å². The molecule has 5 heteroatoms. The molecule has 1 aliphatic heterocycles. The summed E-state index contributed by atoms with van der Waals surface area (Å²) in [7, 11) is 0. The van der Waals surface area contributed by atoms with Gasteiger partial charge in [0.15, 0.2) is 0 Å². The van der Waals surface area contributed by atoms with Crippen molar-refractivity contribution in [1.29, 1.82) is 0 Å². The van der Waals surface area contributed by atoms with E-state index in [2.05, 4.69) is 17.6 Å². The fraction of sp³-hybridized carbons (Fsp3) is 0.632. The number of amides is 1. The Kier molecular flexibility index (Phi) is 7.50. The molecule has 134 valence electrons. The summed E-state index contributed by atoms with van der Waals surface area (Å²) in [5.41, 5.74) is 0. The zero-order valence-corrected chi connectivity index (χ0v) is 14.7. The van der Waals surface area contributed by atoms with Gasteiger partial charge in [-0.05, 0) is 56.3 Å². The minimum Gasteiger partial charge on any atom is -0.489 e. The van der Waals surface area contributed by atoms with Gasteiger partial charge in [0.25, 0.3) is 0 Å². The van der Waals surface area contributed by atoms with Crippen molar-refractivity contribution in [2.24, 2.45) is 11.8 Å². The molecular weight excluding hydrogens is 307 g/mol. The van der Waals surface area contributed by atoms with Crippen molar-refractivity contribution in [2.45, 2.75) is 45.6 Å². The van der Waals surface area contributed by atoms with Crippen LogP contribution in [0.2, 0.25) is 0 Å². The van der Waals surface area contributed by atoms with Crippen molar-refractivity contribution < 1.29 is 13.9 Å². The number of benzene rings is 1. The van der Waals surface area contributed by atoms with Gasteiger partial charge in [-0.25, -0.2) is 4.39 Å². The van der Waals surface area contributed by atoms with E-state index in [0.29, 0.717) is 30.6 Å². The van der Waals surface area contributed by atoms with Crippen LogP contribution in [0.4, 0.5) is 4.39 Å². The van der Waals surface area contributed by atoms with Gasteiger partial charge in [-0.2, -0.15) is 0 Å². The SMILES string of the molecule is CCC(CNC(=O)CC(C)C1CCNCC1)Oc1cccc(F)c1. The molecule has 0 bridgehead atoms. The van der Waals surface area contributed by atoms with Crippen LogP contribution in [0.25, 0.3) is 0 Å². The Bertz CT molecular complexity index is 518. The molecular formula is C19H29FN2O2. The van der Waals surface area contributed by atoms with Crippen molar-refractivity contribution in [2.75, 3.05) is 19.6 Å². The summed E-state index contributed by atoms with van der Waals surface area (Å²) in [5.74, 6) is 1.28. The van der Waals surface area contributed by atoms with Crippen LogP contribution >= 0.6 is 0 Å². The van der Waals surface area contributed by atoms with Gasteiger partial charge in [0.05, 0.1) is 6.54 Å². The van der Waals surface area contributed by atoms with E-state index in [4.69, 9.17) is 4.74 Å². The fourth-order valence-electron chi connectivity index (χ4n) is 3.17. The summed E-state index contributed by atoms with van der Waals surface area (Å²) < 4.78 is 19.0. The zero-order chi connectivity index (χ0) is 17.4. The first kappa shape index (κ1) is 18.7. The van der Waals surface area contributed by atoms with Gasteiger partial charge in [0.1, 0.15) is 17.7 Å². The number of carbonyl (C=O) groups excluding carboxylic acids is 1. The molecule has 1 fully saturated rings. The van der Waals surface area contributed by atoms with Crippen molar-refractivity contribution >= 4 is 5.91 Å². The first-order valence-corrected chi connectivity index (χ1v) is 8.98. The second kappa shape index (κ2) is 9.62. The predicted molar refractivity (Wildman–Crippen MR) is 93.5 cm³/mol. The van der Waals surface area contributed by atoms with Gasteiger partial charge in [0, 0.05) is 12.5 Å². The van der Waals surface area contributed by atoms with E-state index in [0.717, 1.165) is 32.4 Å². The van der Waals surface area contributed by atoms with E-state index in [1.807, 2.05) is 6.92 Å². The third kappa shape index (κ3) is 6.11. The topological polar surface area (TPSA) is 50.4 Å². The minimum absolute atomic E-state index is 0.0716. The maximum absolute atomic E-state index is 13.2. The average Bonchev–Trinajstić information content (AvgIpc) is 2.59. The monoisotopic (exact) mass is 336 g/mol. The van der Waals surface area contributed by atoms with E-state index in [1.165, 1.54) is 12.1 Å². The van der Waals surface area contributed by atoms with Crippen molar-refractivity contribution in [3.63, 3.8) is 0 Å². The molecule has 0 spiro atoms. The number of hydrogen-bond donors (Lipinski definition) is 2. The Hall–Kier alpha value is -1.62. The normalized spacial score (nSPS) is 18.0. The highest BCUT2D eigenvalue weighted by molar-refractivity contribution is 5.76. The molecule has 2 N–H and O–H groups in total. The van der Waals surface area contributed by atoms with E-state index in [9.17, 15) is 9.18 Å². The number of halogens is 1. The lowest BCUT2D eigenvalue weighted by atomic mass is 9.84. The third-order valence-corrected chi connectivity index (χ3v) is 4.78. The molecule has 1 aromatic rings. The molecule has 0 aliphatic carbocycles. The first-order chi connectivity index (χ1) is 11.6. The van der Waals surface area contributed by atoms with Crippen LogP contribution in [0.1, 0.15) is 39.5 Å². The van der Waals surface area contributed by atoms with Crippen molar-refractivity contribution in [1.82, 2.24) is 10.6 Å². The highest BCUT2D eigenvalue weighted by atomic mass is 19.1. The van der Waals surface area contributed by atoms with Crippen LogP contribution in [0, 0.1) is 17.7 Å². The zero-order valence-electron chi connectivity index (χ0n) is 14.7. The summed E-state index contributed by atoms with van der Waals surface area (Å²) in [6.07, 6.45) is 3.45. The lowest BCUT2D eigenvalue weighted by molar-refractivity contribution is -0.122. The van der Waals surface area contributed by atoms with Crippen LogP contribution in [0.15, 0.2) is 24.3 Å². The third-order valence-electron chi connectivity index (χ3n) is 4.78. The molecule has 4 nitrogen and oxygen atoms in total. The number of nitrogens with one attached hydrogen (secondary N) is 2. The maximum Gasteiger partial charge on any atom is 0.220 e. The average molecular weight is 336 g/mol. The van der Waals surface area contributed by atoms with Crippen LogP contribution in [0.5, 0.6) is 5.75 Å². The lowest BCUT2D eigenvalue weighted by Gasteiger charge is -2.28. The summed E-state index contributed by atoms with van der Waals surface area (Å²) in [4.78, 5) is 12.2. The maximum atomic E-state index is 13.2. The van der Waals surface area contributed by atoms with E-state index >= 15 is 0 Å². The molecule has 2 atom stereocenters. The van der Waals surface area contributed by atoms with E-state index < -0.39 is 0 Å². The van der Waals surface area contributed by atoms with Crippen LogP contribution in [-0.4, -0.2) is 31.6 Å². The quantitative estimate of drug-likeness (QED) is 0.767.